The number of aliphatic hydroxyl groups is 1. The molecule has 4 rings (SSSR count). The first-order valence-corrected chi connectivity index (χ1v) is 8.94. The normalized spacial score (nSPS) is 16.9. The zero-order valence-electron chi connectivity index (χ0n) is 14.8. The molecule has 4 heterocycles. The third-order valence-electron chi connectivity index (χ3n) is 5.15. The molecule has 26 heavy (non-hydrogen) atoms. The van der Waals surface area contributed by atoms with Gasteiger partial charge >= 0.3 is 0 Å². The second kappa shape index (κ2) is 6.57. The van der Waals surface area contributed by atoms with Crippen molar-refractivity contribution in [3.63, 3.8) is 0 Å². The van der Waals surface area contributed by atoms with Crippen LogP contribution in [0.5, 0.6) is 0 Å². The van der Waals surface area contributed by atoms with Crippen molar-refractivity contribution >= 4 is 16.8 Å². The van der Waals surface area contributed by atoms with Crippen LogP contribution in [0.15, 0.2) is 41.3 Å². The van der Waals surface area contributed by atoms with Crippen LogP contribution in [0.3, 0.4) is 0 Å². The van der Waals surface area contributed by atoms with Crippen LogP contribution in [0.1, 0.15) is 36.0 Å². The van der Waals surface area contributed by atoms with Gasteiger partial charge in [-0.1, -0.05) is 12.1 Å². The number of aromatic nitrogens is 3. The maximum absolute atomic E-state index is 12.5. The number of piperidine rings is 1. The standard InChI is InChI=1S/C19H22N4O3/c1-2-15-11-17(26-21-15)18(24)22-9-5-19(25,6-10-22)13-23-8-4-14-3-7-20-12-16(14)23/h3-4,7-8,11-12,25H,2,5-6,9-10,13H2,1H3. The van der Waals surface area contributed by atoms with Crippen LogP contribution in [-0.4, -0.2) is 49.3 Å². The van der Waals surface area contributed by atoms with Crippen molar-refractivity contribution in [3.05, 3.63) is 48.2 Å². The van der Waals surface area contributed by atoms with E-state index in [1.807, 2.05) is 36.0 Å². The van der Waals surface area contributed by atoms with E-state index < -0.39 is 5.60 Å². The second-order valence-electron chi connectivity index (χ2n) is 6.93. The van der Waals surface area contributed by atoms with Crippen molar-refractivity contribution in [2.75, 3.05) is 13.1 Å². The van der Waals surface area contributed by atoms with Crippen LogP contribution in [0.25, 0.3) is 10.9 Å². The first-order valence-electron chi connectivity index (χ1n) is 8.94. The number of carbonyl (C=O) groups excluding carboxylic acids is 1. The van der Waals surface area contributed by atoms with Crippen LogP contribution >= 0.6 is 0 Å². The van der Waals surface area contributed by atoms with E-state index in [2.05, 4.69) is 10.1 Å². The number of amides is 1. The van der Waals surface area contributed by atoms with Crippen LogP contribution in [0.4, 0.5) is 0 Å². The maximum atomic E-state index is 12.5. The second-order valence-corrected chi connectivity index (χ2v) is 6.93. The summed E-state index contributed by atoms with van der Waals surface area (Å²) in [6, 6.07) is 5.68. The van der Waals surface area contributed by atoms with E-state index in [0.29, 0.717) is 32.5 Å². The molecule has 1 N–H and O–H groups in total. The van der Waals surface area contributed by atoms with Gasteiger partial charge in [-0.15, -0.1) is 0 Å². The molecule has 0 saturated carbocycles. The number of hydrogen-bond acceptors (Lipinski definition) is 5. The SMILES string of the molecule is CCc1cc(C(=O)N2CCC(O)(Cn3ccc4ccncc43)CC2)on1. The largest absolute Gasteiger partial charge is 0.388 e. The van der Waals surface area contributed by atoms with Gasteiger partial charge in [0.1, 0.15) is 0 Å². The number of aryl methyl sites for hydroxylation is 1. The Labute approximate surface area is 151 Å². The molecule has 7 nitrogen and oxygen atoms in total. The number of carbonyl (C=O) groups is 1. The highest BCUT2D eigenvalue weighted by Gasteiger charge is 2.35. The molecule has 0 unspecified atom stereocenters. The average molecular weight is 354 g/mol. The van der Waals surface area contributed by atoms with Crippen molar-refractivity contribution in [1.82, 2.24) is 19.6 Å². The first kappa shape index (κ1) is 16.8. The third kappa shape index (κ3) is 3.10. The molecule has 3 aromatic heterocycles. The Balaban J connectivity index is 1.42. The van der Waals surface area contributed by atoms with Gasteiger partial charge in [-0.25, -0.2) is 0 Å². The number of fused-ring (bicyclic) bond motifs is 1. The maximum Gasteiger partial charge on any atom is 0.292 e. The highest BCUT2D eigenvalue weighted by atomic mass is 16.5. The van der Waals surface area contributed by atoms with E-state index in [9.17, 15) is 9.90 Å². The summed E-state index contributed by atoms with van der Waals surface area (Å²) in [5.41, 5.74) is 0.942. The minimum atomic E-state index is -0.839. The van der Waals surface area contributed by atoms with Gasteiger partial charge in [-0.3, -0.25) is 9.78 Å². The summed E-state index contributed by atoms with van der Waals surface area (Å²) in [5.74, 6) is 0.115. The highest BCUT2D eigenvalue weighted by Crippen LogP contribution is 2.27. The van der Waals surface area contributed by atoms with Crippen LogP contribution in [-0.2, 0) is 13.0 Å². The lowest BCUT2D eigenvalue weighted by molar-refractivity contribution is -0.0290. The summed E-state index contributed by atoms with van der Waals surface area (Å²) in [6.07, 6.45) is 7.32. The Hall–Kier alpha value is -2.67. The van der Waals surface area contributed by atoms with E-state index in [4.69, 9.17) is 4.52 Å². The van der Waals surface area contributed by atoms with Gasteiger partial charge in [0.2, 0.25) is 5.76 Å². The predicted molar refractivity (Wildman–Crippen MR) is 95.7 cm³/mol. The van der Waals surface area contributed by atoms with Gasteiger partial charge in [-0.2, -0.15) is 0 Å². The Morgan fingerprint density at radius 2 is 2.15 bits per heavy atom. The summed E-state index contributed by atoms with van der Waals surface area (Å²) in [5, 5.41) is 16.0. The first-order chi connectivity index (χ1) is 12.6. The molecule has 7 heteroatoms. The van der Waals surface area contributed by atoms with Crippen molar-refractivity contribution < 1.29 is 14.4 Å². The molecule has 1 aliphatic heterocycles. The van der Waals surface area contributed by atoms with Gasteiger partial charge in [0, 0.05) is 36.9 Å². The fourth-order valence-corrected chi connectivity index (χ4v) is 3.50. The minimum Gasteiger partial charge on any atom is -0.388 e. The van der Waals surface area contributed by atoms with Crippen molar-refractivity contribution in [2.24, 2.45) is 0 Å². The monoisotopic (exact) mass is 354 g/mol. The molecule has 0 radical (unpaired) electrons. The number of hydrogen-bond donors (Lipinski definition) is 1. The lowest BCUT2D eigenvalue weighted by atomic mass is 9.91. The van der Waals surface area contributed by atoms with E-state index in [1.165, 1.54) is 0 Å². The third-order valence-corrected chi connectivity index (χ3v) is 5.15. The molecule has 1 fully saturated rings. The molecule has 136 valence electrons. The molecule has 1 saturated heterocycles. The smallest absolute Gasteiger partial charge is 0.292 e. The molecule has 1 aliphatic rings. The van der Waals surface area contributed by atoms with E-state index >= 15 is 0 Å². The van der Waals surface area contributed by atoms with E-state index in [0.717, 1.165) is 23.0 Å². The molecule has 0 atom stereocenters. The van der Waals surface area contributed by atoms with E-state index in [1.54, 1.807) is 17.2 Å². The number of likely N-dealkylation sites (tertiary alicyclic amines) is 1. The Morgan fingerprint density at radius 1 is 1.35 bits per heavy atom. The Morgan fingerprint density at radius 3 is 2.88 bits per heavy atom. The van der Waals surface area contributed by atoms with Gasteiger partial charge in [0.25, 0.3) is 5.91 Å². The lowest BCUT2D eigenvalue weighted by Crippen LogP contribution is -2.48. The van der Waals surface area contributed by atoms with Gasteiger partial charge in [0.15, 0.2) is 0 Å². The number of rotatable bonds is 4. The van der Waals surface area contributed by atoms with Crippen LogP contribution < -0.4 is 0 Å². The minimum absolute atomic E-state index is 0.158. The Bertz CT molecular complexity index is 922. The van der Waals surface area contributed by atoms with Gasteiger partial charge in [0.05, 0.1) is 29.6 Å². The molecule has 0 aliphatic carbocycles. The zero-order valence-corrected chi connectivity index (χ0v) is 14.8. The summed E-state index contributed by atoms with van der Waals surface area (Å²) in [4.78, 5) is 18.4. The highest BCUT2D eigenvalue weighted by molar-refractivity contribution is 5.91. The molecule has 0 bridgehead atoms. The topological polar surface area (TPSA) is 84.4 Å². The van der Waals surface area contributed by atoms with Crippen molar-refractivity contribution in [1.29, 1.82) is 0 Å². The van der Waals surface area contributed by atoms with Gasteiger partial charge < -0.3 is 19.1 Å². The van der Waals surface area contributed by atoms with Crippen molar-refractivity contribution in [3.8, 4) is 0 Å². The summed E-state index contributed by atoms with van der Waals surface area (Å²) < 4.78 is 7.17. The molecule has 1 amide bonds. The summed E-state index contributed by atoms with van der Waals surface area (Å²) >= 11 is 0. The number of nitrogens with zero attached hydrogens (tertiary/aromatic N) is 4. The molecular weight excluding hydrogens is 332 g/mol. The molecule has 0 aromatic carbocycles. The Kier molecular flexibility index (Phi) is 4.24. The quantitative estimate of drug-likeness (QED) is 0.777. The van der Waals surface area contributed by atoms with Gasteiger partial charge in [-0.05, 0) is 31.4 Å². The predicted octanol–water partition coefficient (Wildman–Crippen LogP) is 2.25. The van der Waals surface area contributed by atoms with Crippen LogP contribution in [0.2, 0.25) is 0 Å². The van der Waals surface area contributed by atoms with E-state index in [-0.39, 0.29) is 11.7 Å². The number of pyridine rings is 1. The summed E-state index contributed by atoms with van der Waals surface area (Å²) in [7, 11) is 0. The molecular formula is C19H22N4O3. The fraction of sp³-hybridized carbons (Fsp3) is 0.421. The average Bonchev–Trinajstić information content (AvgIpc) is 3.29. The van der Waals surface area contributed by atoms with Crippen molar-refractivity contribution in [2.45, 2.75) is 38.3 Å². The molecule has 0 spiro atoms. The lowest BCUT2D eigenvalue weighted by Gasteiger charge is -2.38. The summed E-state index contributed by atoms with van der Waals surface area (Å²) in [6.45, 7) is 3.45. The van der Waals surface area contributed by atoms with Crippen LogP contribution in [0, 0.1) is 0 Å². The zero-order chi connectivity index (χ0) is 18.1. The molecule has 3 aromatic rings. The fourth-order valence-electron chi connectivity index (χ4n) is 3.50.